The molecule has 0 bridgehead atoms. The van der Waals surface area contributed by atoms with Crippen LogP contribution in [0, 0.1) is 0 Å². The van der Waals surface area contributed by atoms with E-state index in [0.29, 0.717) is 19.8 Å². The van der Waals surface area contributed by atoms with Crippen LogP contribution in [0.2, 0.25) is 0 Å². The molecule has 1 rings (SSSR count). The van der Waals surface area contributed by atoms with Crippen molar-refractivity contribution < 1.29 is 13.3 Å². The van der Waals surface area contributed by atoms with Gasteiger partial charge in [-0.15, -0.1) is 0 Å². The maximum absolute atomic E-state index is 5.89. The Morgan fingerprint density at radius 1 is 0.947 bits per heavy atom. The average molecular weight is 280 g/mol. The number of hydrogen-bond acceptors (Lipinski definition) is 3. The Morgan fingerprint density at radius 2 is 1.58 bits per heavy atom. The predicted octanol–water partition coefficient (Wildman–Crippen LogP) is 3.68. The van der Waals surface area contributed by atoms with E-state index in [9.17, 15) is 0 Å². The van der Waals surface area contributed by atoms with Crippen molar-refractivity contribution in [3.8, 4) is 0 Å². The molecule has 0 atom stereocenters. The van der Waals surface area contributed by atoms with Gasteiger partial charge in [0, 0.05) is 19.8 Å². The van der Waals surface area contributed by atoms with Crippen molar-refractivity contribution in [2.45, 2.75) is 27.2 Å². The molecular weight excluding hydrogens is 256 g/mol. The van der Waals surface area contributed by atoms with Gasteiger partial charge in [-0.3, -0.25) is 0 Å². The average Bonchev–Trinajstić information content (AvgIpc) is 2.45. The standard InChI is InChI=1S/C15H24O3Si/c1-4-13-18-19(16-5-2,17-6-3)14-12-15-10-8-7-9-11-15/h7-12,14H,4-6,13H2,1-3H3. The van der Waals surface area contributed by atoms with Crippen LogP contribution in [-0.2, 0) is 13.3 Å². The second kappa shape index (κ2) is 9.04. The summed E-state index contributed by atoms with van der Waals surface area (Å²) in [6.07, 6.45) is 2.97. The zero-order chi connectivity index (χ0) is 14.0. The minimum absolute atomic E-state index is 0.592. The first-order valence-electron chi connectivity index (χ1n) is 6.92. The van der Waals surface area contributed by atoms with Crippen LogP contribution in [0.15, 0.2) is 36.0 Å². The summed E-state index contributed by atoms with van der Waals surface area (Å²) in [6.45, 7) is 7.85. The molecule has 0 aliphatic rings. The molecule has 106 valence electrons. The Balaban J connectivity index is 2.84. The monoisotopic (exact) mass is 280 g/mol. The fourth-order valence-electron chi connectivity index (χ4n) is 1.68. The minimum atomic E-state index is -2.68. The second-order valence-electron chi connectivity index (χ2n) is 4.06. The van der Waals surface area contributed by atoms with Crippen LogP contribution in [0.25, 0.3) is 6.08 Å². The van der Waals surface area contributed by atoms with E-state index in [-0.39, 0.29) is 0 Å². The third-order valence-corrected chi connectivity index (χ3v) is 5.04. The van der Waals surface area contributed by atoms with Gasteiger partial charge >= 0.3 is 8.80 Å². The highest BCUT2D eigenvalue weighted by atomic mass is 28.4. The summed E-state index contributed by atoms with van der Waals surface area (Å²) in [5, 5.41) is 0. The van der Waals surface area contributed by atoms with Gasteiger partial charge in [-0.2, -0.15) is 0 Å². The molecule has 0 radical (unpaired) electrons. The topological polar surface area (TPSA) is 27.7 Å². The summed E-state index contributed by atoms with van der Waals surface area (Å²) >= 11 is 0. The van der Waals surface area contributed by atoms with E-state index in [2.05, 4.69) is 6.92 Å². The Kier molecular flexibility index (Phi) is 7.67. The lowest BCUT2D eigenvalue weighted by molar-refractivity contribution is 0.0801. The molecule has 0 aromatic heterocycles. The van der Waals surface area contributed by atoms with Crippen molar-refractivity contribution in [2.24, 2.45) is 0 Å². The van der Waals surface area contributed by atoms with E-state index in [1.165, 1.54) is 0 Å². The molecule has 0 fully saturated rings. The van der Waals surface area contributed by atoms with Crippen molar-refractivity contribution in [1.82, 2.24) is 0 Å². The molecule has 3 nitrogen and oxygen atoms in total. The van der Waals surface area contributed by atoms with Gasteiger partial charge in [-0.25, -0.2) is 0 Å². The van der Waals surface area contributed by atoms with Gasteiger partial charge in [0.2, 0.25) is 0 Å². The van der Waals surface area contributed by atoms with E-state index in [1.54, 1.807) is 0 Å². The Bertz CT molecular complexity index is 359. The van der Waals surface area contributed by atoms with Gasteiger partial charge in [0.1, 0.15) is 0 Å². The first kappa shape index (κ1) is 16.1. The fraction of sp³-hybridized carbons (Fsp3) is 0.467. The van der Waals surface area contributed by atoms with Gasteiger partial charge in [0.15, 0.2) is 0 Å². The highest BCUT2D eigenvalue weighted by Crippen LogP contribution is 2.15. The van der Waals surface area contributed by atoms with E-state index in [1.807, 2.05) is 56.0 Å². The Labute approximate surface area is 117 Å². The van der Waals surface area contributed by atoms with E-state index < -0.39 is 8.80 Å². The third kappa shape index (κ3) is 5.70. The number of rotatable bonds is 9. The number of benzene rings is 1. The molecule has 0 spiro atoms. The summed E-state index contributed by atoms with van der Waals surface area (Å²) < 4.78 is 17.5. The SMILES string of the molecule is CCCO[Si](C=Cc1ccccc1)(OCC)OCC. The van der Waals surface area contributed by atoms with Crippen molar-refractivity contribution in [3.63, 3.8) is 0 Å². The largest absolute Gasteiger partial charge is 0.529 e. The summed E-state index contributed by atoms with van der Waals surface area (Å²) in [4.78, 5) is 0. The molecule has 0 aliphatic carbocycles. The molecule has 4 heteroatoms. The summed E-state index contributed by atoms with van der Waals surface area (Å²) in [5.41, 5.74) is 3.10. The van der Waals surface area contributed by atoms with Crippen LogP contribution < -0.4 is 0 Å². The molecular formula is C15H24O3Si. The van der Waals surface area contributed by atoms with Crippen molar-refractivity contribution >= 4 is 14.9 Å². The normalized spacial score (nSPS) is 12.2. The molecule has 0 saturated heterocycles. The van der Waals surface area contributed by atoms with Crippen LogP contribution in [0.1, 0.15) is 32.8 Å². The molecule has 19 heavy (non-hydrogen) atoms. The second-order valence-corrected chi connectivity index (χ2v) is 6.47. The van der Waals surface area contributed by atoms with Gasteiger partial charge in [0.25, 0.3) is 0 Å². The summed E-state index contributed by atoms with van der Waals surface area (Å²) in [5.74, 6) is 0. The van der Waals surface area contributed by atoms with Gasteiger partial charge in [-0.1, -0.05) is 43.3 Å². The zero-order valence-corrected chi connectivity index (χ0v) is 13.1. The van der Waals surface area contributed by atoms with Crippen LogP contribution in [0.5, 0.6) is 0 Å². The van der Waals surface area contributed by atoms with Crippen LogP contribution in [-0.4, -0.2) is 28.6 Å². The Morgan fingerprint density at radius 3 is 2.11 bits per heavy atom. The molecule has 0 unspecified atom stereocenters. The first-order chi connectivity index (χ1) is 9.26. The molecule has 0 N–H and O–H groups in total. The highest BCUT2D eigenvalue weighted by molar-refractivity contribution is 6.67. The predicted molar refractivity (Wildman–Crippen MR) is 80.7 cm³/mol. The van der Waals surface area contributed by atoms with Crippen LogP contribution in [0.3, 0.4) is 0 Å². The van der Waals surface area contributed by atoms with Crippen LogP contribution in [0.4, 0.5) is 0 Å². The molecule has 0 aliphatic heterocycles. The Hall–Kier alpha value is -0.943. The first-order valence-corrected chi connectivity index (χ1v) is 8.72. The van der Waals surface area contributed by atoms with Gasteiger partial charge < -0.3 is 13.3 Å². The van der Waals surface area contributed by atoms with Crippen molar-refractivity contribution in [2.75, 3.05) is 19.8 Å². The third-order valence-electron chi connectivity index (χ3n) is 2.48. The van der Waals surface area contributed by atoms with Gasteiger partial charge in [0.05, 0.1) is 0 Å². The van der Waals surface area contributed by atoms with Gasteiger partial charge in [-0.05, 0) is 31.5 Å². The lowest BCUT2D eigenvalue weighted by Crippen LogP contribution is -2.44. The summed E-state index contributed by atoms with van der Waals surface area (Å²) in [7, 11) is -2.68. The highest BCUT2D eigenvalue weighted by Gasteiger charge is 2.37. The molecule has 0 amide bonds. The zero-order valence-electron chi connectivity index (χ0n) is 12.1. The maximum Gasteiger partial charge on any atom is 0.529 e. The van der Waals surface area contributed by atoms with E-state index in [0.717, 1.165) is 12.0 Å². The molecule has 0 saturated carbocycles. The minimum Gasteiger partial charge on any atom is -0.371 e. The molecule has 0 heterocycles. The van der Waals surface area contributed by atoms with Crippen molar-refractivity contribution in [3.05, 3.63) is 41.6 Å². The van der Waals surface area contributed by atoms with E-state index >= 15 is 0 Å². The van der Waals surface area contributed by atoms with Crippen LogP contribution >= 0.6 is 0 Å². The lowest BCUT2D eigenvalue weighted by atomic mass is 10.2. The lowest BCUT2D eigenvalue weighted by Gasteiger charge is -2.25. The quantitative estimate of drug-likeness (QED) is 0.646. The van der Waals surface area contributed by atoms with Crippen molar-refractivity contribution in [1.29, 1.82) is 0 Å². The smallest absolute Gasteiger partial charge is 0.371 e. The van der Waals surface area contributed by atoms with E-state index in [4.69, 9.17) is 13.3 Å². The number of hydrogen-bond donors (Lipinski definition) is 0. The molecule has 1 aromatic rings. The fourth-order valence-corrected chi connectivity index (χ4v) is 3.91. The summed E-state index contributed by atoms with van der Waals surface area (Å²) in [6, 6.07) is 10.1. The molecule has 1 aromatic carbocycles. The maximum atomic E-state index is 5.89.